The molecule has 3 nitrogen and oxygen atoms in total. The van der Waals surface area contributed by atoms with Crippen LogP contribution in [0.2, 0.25) is 0 Å². The maximum atomic E-state index is 5.55. The van der Waals surface area contributed by atoms with Gasteiger partial charge in [-0.2, -0.15) is 0 Å². The molecule has 67 heavy (non-hydrogen) atoms. The quantitative estimate of drug-likeness (QED) is 0.165. The van der Waals surface area contributed by atoms with Gasteiger partial charge in [0.25, 0.3) is 0 Å². The molecular formula is C64H47N3. The molecule has 3 heteroatoms. The minimum atomic E-state index is -0.623. The molecule has 0 N–H and O–H groups in total. The zero-order valence-electron chi connectivity index (χ0n) is 37.8. The number of amidine groups is 1. The third kappa shape index (κ3) is 5.84. The number of aromatic nitrogens is 1. The molecule has 3 aliphatic rings. The number of aliphatic imine (C=N–C) groups is 2. The van der Waals surface area contributed by atoms with E-state index in [4.69, 9.17) is 9.98 Å². The topological polar surface area (TPSA) is 29.6 Å². The van der Waals surface area contributed by atoms with Crippen LogP contribution in [-0.4, -0.2) is 16.1 Å². The van der Waals surface area contributed by atoms with Crippen LogP contribution < -0.4 is 0 Å². The number of benzene rings is 9. The van der Waals surface area contributed by atoms with Crippen molar-refractivity contribution >= 4 is 39.1 Å². The first-order valence-electron chi connectivity index (χ1n) is 23.5. The van der Waals surface area contributed by atoms with Crippen molar-refractivity contribution in [1.29, 1.82) is 0 Å². The minimum Gasteiger partial charge on any atom is -0.309 e. The van der Waals surface area contributed by atoms with Crippen LogP contribution in [0.15, 0.2) is 234 Å². The van der Waals surface area contributed by atoms with Gasteiger partial charge in [0.15, 0.2) is 5.84 Å². The Kier molecular flexibility index (Phi) is 8.76. The number of allylic oxidation sites excluding steroid dienone is 1. The highest BCUT2D eigenvalue weighted by Gasteiger charge is 2.53. The normalized spacial score (nSPS) is 16.8. The van der Waals surface area contributed by atoms with Crippen molar-refractivity contribution in [2.75, 3.05) is 0 Å². The van der Waals surface area contributed by atoms with Gasteiger partial charge < -0.3 is 4.57 Å². The molecule has 1 atom stereocenters. The SMILES string of the molecule is CC1=C(c2ccc3c(c2)C2(c4ccccc4-c4cc5c6ccccc6n(-c6cccc(-c7ccccc7)c6)c5cc42)c2ccccc2C3(C)C)N=C(c2ccccc2)N=C(c2ccccc2)C1. The molecular weight excluding hydrogens is 811 g/mol. The van der Waals surface area contributed by atoms with Gasteiger partial charge in [0.05, 0.1) is 27.9 Å². The van der Waals surface area contributed by atoms with E-state index in [9.17, 15) is 0 Å². The molecule has 9 aromatic carbocycles. The maximum Gasteiger partial charge on any atom is 0.160 e. The predicted octanol–water partition coefficient (Wildman–Crippen LogP) is 15.5. The van der Waals surface area contributed by atoms with Crippen molar-refractivity contribution < 1.29 is 0 Å². The minimum absolute atomic E-state index is 0.279. The van der Waals surface area contributed by atoms with E-state index in [1.54, 1.807) is 0 Å². The molecule has 1 aromatic heterocycles. The summed E-state index contributed by atoms with van der Waals surface area (Å²) in [6.07, 6.45) is 0.690. The van der Waals surface area contributed by atoms with Gasteiger partial charge in [-0.05, 0) is 110 Å². The Labute approximate surface area is 391 Å². The average Bonchev–Trinajstić information content (AvgIpc) is 3.78. The molecule has 13 rings (SSSR count). The Bertz CT molecular complexity index is 3740. The standard InChI is InChI=1S/C64H47N3/c1-41-36-58(43-22-9-5-10-23-43)65-62(44-24-11-6-12-25-44)66-61(41)46-34-35-54-57(38-46)64(55-32-17-16-31-53(55)63(54,2)3)52-30-15-13-28-48(52)50-39-51-49-29-14-18-33-59(49)67(60(51)40-56(50)64)47-27-19-26-45(37-47)42-20-7-4-8-21-42/h4-35,37-40H,36H2,1-3H3. The van der Waals surface area contributed by atoms with Crippen molar-refractivity contribution in [3.05, 3.63) is 274 Å². The fourth-order valence-electron chi connectivity index (χ4n) is 11.8. The molecule has 0 bridgehead atoms. The lowest BCUT2D eigenvalue weighted by Crippen LogP contribution is -2.40. The van der Waals surface area contributed by atoms with Gasteiger partial charge >= 0.3 is 0 Å². The summed E-state index contributed by atoms with van der Waals surface area (Å²) in [5, 5.41) is 2.50. The first-order chi connectivity index (χ1) is 32.9. The summed E-state index contributed by atoms with van der Waals surface area (Å²) < 4.78 is 2.49. The Morgan fingerprint density at radius 3 is 1.81 bits per heavy atom. The highest BCUT2D eigenvalue weighted by atomic mass is 15.0. The smallest absolute Gasteiger partial charge is 0.160 e. The number of fused-ring (bicyclic) bond motifs is 12. The third-order valence-corrected chi connectivity index (χ3v) is 14.9. The first kappa shape index (κ1) is 39.2. The van der Waals surface area contributed by atoms with Gasteiger partial charge in [-0.1, -0.05) is 196 Å². The Hall–Kier alpha value is -8.14. The van der Waals surface area contributed by atoms with E-state index in [1.165, 1.54) is 83.0 Å². The highest BCUT2D eigenvalue weighted by molar-refractivity contribution is 6.16. The molecule has 2 aliphatic carbocycles. The summed E-state index contributed by atoms with van der Waals surface area (Å²) in [7, 11) is 0. The fraction of sp³-hybridized carbons (Fsp3) is 0.0938. The first-order valence-corrected chi connectivity index (χ1v) is 23.5. The number of hydrogen-bond donors (Lipinski definition) is 0. The van der Waals surface area contributed by atoms with Gasteiger partial charge in [-0.25, -0.2) is 9.98 Å². The van der Waals surface area contributed by atoms with Crippen LogP contribution in [-0.2, 0) is 10.8 Å². The third-order valence-electron chi connectivity index (χ3n) is 14.9. The zero-order chi connectivity index (χ0) is 44.9. The van der Waals surface area contributed by atoms with Gasteiger partial charge in [-0.15, -0.1) is 0 Å². The highest BCUT2D eigenvalue weighted by Crippen LogP contribution is 2.63. The average molecular weight is 858 g/mol. The van der Waals surface area contributed by atoms with Crippen LogP contribution in [0.5, 0.6) is 0 Å². The Balaban J connectivity index is 1.10. The van der Waals surface area contributed by atoms with Crippen molar-refractivity contribution in [2.24, 2.45) is 9.98 Å². The van der Waals surface area contributed by atoms with Gasteiger partial charge in [0.2, 0.25) is 0 Å². The summed E-state index contributed by atoms with van der Waals surface area (Å²) in [5.41, 5.74) is 21.9. The second-order valence-electron chi connectivity index (χ2n) is 18.9. The number of hydrogen-bond acceptors (Lipinski definition) is 2. The summed E-state index contributed by atoms with van der Waals surface area (Å²) in [5.74, 6) is 0.729. The molecule has 1 spiro atoms. The van der Waals surface area contributed by atoms with Crippen LogP contribution in [0.25, 0.3) is 55.4 Å². The lowest BCUT2D eigenvalue weighted by atomic mass is 9.55. The monoisotopic (exact) mass is 857 g/mol. The number of nitrogens with zero attached hydrogens (tertiary/aromatic N) is 3. The molecule has 1 unspecified atom stereocenters. The number of para-hydroxylation sites is 1. The second-order valence-corrected chi connectivity index (χ2v) is 18.9. The van der Waals surface area contributed by atoms with Crippen molar-refractivity contribution in [3.63, 3.8) is 0 Å². The van der Waals surface area contributed by atoms with Crippen molar-refractivity contribution in [2.45, 2.75) is 38.0 Å². The predicted molar refractivity (Wildman–Crippen MR) is 279 cm³/mol. The van der Waals surface area contributed by atoms with Gasteiger partial charge in [0.1, 0.15) is 0 Å². The molecule has 0 saturated heterocycles. The van der Waals surface area contributed by atoms with Crippen LogP contribution in [0.4, 0.5) is 0 Å². The van der Waals surface area contributed by atoms with E-state index >= 15 is 0 Å². The summed E-state index contributed by atoms with van der Waals surface area (Å²) >= 11 is 0. The molecule has 10 aromatic rings. The summed E-state index contributed by atoms with van der Waals surface area (Å²) in [6, 6.07) is 80.4. The van der Waals surface area contributed by atoms with E-state index in [0.29, 0.717) is 6.42 Å². The lowest BCUT2D eigenvalue weighted by Gasteiger charge is -2.47. The Morgan fingerprint density at radius 2 is 1.03 bits per heavy atom. The molecule has 0 saturated carbocycles. The maximum absolute atomic E-state index is 5.55. The Morgan fingerprint density at radius 1 is 0.403 bits per heavy atom. The molecule has 0 radical (unpaired) electrons. The van der Waals surface area contributed by atoms with Gasteiger partial charge in [-0.3, -0.25) is 0 Å². The number of rotatable bonds is 5. The van der Waals surface area contributed by atoms with E-state index in [2.05, 4.69) is 244 Å². The van der Waals surface area contributed by atoms with E-state index in [1.807, 2.05) is 0 Å². The summed E-state index contributed by atoms with van der Waals surface area (Å²) in [4.78, 5) is 10.9. The molecule has 0 fully saturated rings. The van der Waals surface area contributed by atoms with Crippen molar-refractivity contribution in [3.8, 4) is 27.9 Å². The van der Waals surface area contributed by atoms with Crippen LogP contribution in [0, 0.1) is 0 Å². The van der Waals surface area contributed by atoms with Crippen LogP contribution in [0.3, 0.4) is 0 Å². The molecule has 2 heterocycles. The van der Waals surface area contributed by atoms with Gasteiger partial charge in [0, 0.05) is 39.4 Å². The lowest BCUT2D eigenvalue weighted by molar-refractivity contribution is 0.563. The van der Waals surface area contributed by atoms with E-state index in [-0.39, 0.29) is 5.41 Å². The molecule has 0 amide bonds. The fourth-order valence-corrected chi connectivity index (χ4v) is 11.8. The van der Waals surface area contributed by atoms with E-state index < -0.39 is 5.41 Å². The largest absolute Gasteiger partial charge is 0.309 e. The molecule has 318 valence electrons. The second kappa shape index (κ2) is 15.0. The summed E-state index contributed by atoms with van der Waals surface area (Å²) in [6.45, 7) is 7.05. The van der Waals surface area contributed by atoms with Crippen molar-refractivity contribution in [1.82, 2.24) is 4.57 Å². The molecule has 1 aliphatic heterocycles. The van der Waals surface area contributed by atoms with Crippen LogP contribution >= 0.6 is 0 Å². The van der Waals surface area contributed by atoms with E-state index in [0.717, 1.165) is 39.6 Å². The zero-order valence-corrected chi connectivity index (χ0v) is 37.8. The van der Waals surface area contributed by atoms with Crippen LogP contribution in [0.1, 0.15) is 77.3 Å².